The van der Waals surface area contributed by atoms with Gasteiger partial charge in [0.25, 0.3) is 0 Å². The zero-order valence-corrected chi connectivity index (χ0v) is 17.0. The first-order valence-electron chi connectivity index (χ1n) is 8.89. The third-order valence-electron chi connectivity index (χ3n) is 4.85. The highest BCUT2D eigenvalue weighted by molar-refractivity contribution is 7.80. The van der Waals surface area contributed by atoms with E-state index in [4.69, 9.17) is 23.8 Å². The highest BCUT2D eigenvalue weighted by Gasteiger charge is 2.28. The highest BCUT2D eigenvalue weighted by atomic mass is 35.5. The van der Waals surface area contributed by atoms with E-state index in [0.29, 0.717) is 18.1 Å². The molecule has 0 unspecified atom stereocenters. The molecule has 1 fully saturated rings. The Morgan fingerprint density at radius 3 is 2.42 bits per heavy atom. The Hall–Kier alpha value is -0.840. The molecule has 0 aliphatic carbocycles. The lowest BCUT2D eigenvalue weighted by Crippen LogP contribution is -2.52. The number of benzene rings is 1. The summed E-state index contributed by atoms with van der Waals surface area (Å²) in [6.07, 6.45) is 2.32. The summed E-state index contributed by atoms with van der Waals surface area (Å²) in [5.41, 5.74) is 2.15. The maximum atomic E-state index is 6.13. The molecule has 24 heavy (non-hydrogen) atoms. The molecular formula is C19H30ClN3S. The van der Waals surface area contributed by atoms with Crippen LogP contribution in [0.3, 0.4) is 0 Å². The maximum absolute atomic E-state index is 6.13. The van der Waals surface area contributed by atoms with E-state index in [0.717, 1.165) is 47.3 Å². The standard InChI is InChI=1S/C19H30ClN3S/c1-13(2)22-10-8-17(9-11-22)23(14(3)4)19(24)21-18-12-16(20)7-6-15(18)5/h6-7,12-14,17H,8-11H2,1-5H3,(H,21,24). The van der Waals surface area contributed by atoms with Gasteiger partial charge in [-0.1, -0.05) is 17.7 Å². The van der Waals surface area contributed by atoms with Crippen LogP contribution in [0.25, 0.3) is 0 Å². The molecule has 1 saturated heterocycles. The van der Waals surface area contributed by atoms with Crippen molar-refractivity contribution in [1.82, 2.24) is 9.80 Å². The SMILES string of the molecule is Cc1ccc(Cl)cc1NC(=S)N(C(C)C)C1CCN(C(C)C)CC1. The van der Waals surface area contributed by atoms with E-state index >= 15 is 0 Å². The lowest BCUT2D eigenvalue weighted by molar-refractivity contribution is 0.117. The van der Waals surface area contributed by atoms with Gasteiger partial charge in [0, 0.05) is 41.9 Å². The molecule has 0 saturated carbocycles. The van der Waals surface area contributed by atoms with Gasteiger partial charge in [-0.3, -0.25) is 0 Å². The van der Waals surface area contributed by atoms with Crippen LogP contribution in [0.2, 0.25) is 5.02 Å². The summed E-state index contributed by atoms with van der Waals surface area (Å²) in [7, 11) is 0. The molecule has 2 rings (SSSR count). The summed E-state index contributed by atoms with van der Waals surface area (Å²) in [6, 6.07) is 7.38. The molecule has 0 bridgehead atoms. The quantitative estimate of drug-likeness (QED) is 0.760. The van der Waals surface area contributed by atoms with Crippen molar-refractivity contribution < 1.29 is 0 Å². The van der Waals surface area contributed by atoms with Gasteiger partial charge in [-0.2, -0.15) is 0 Å². The largest absolute Gasteiger partial charge is 0.344 e. The summed E-state index contributed by atoms with van der Waals surface area (Å²) in [6.45, 7) is 13.3. The Balaban J connectivity index is 2.07. The lowest BCUT2D eigenvalue weighted by atomic mass is 10.0. The fourth-order valence-electron chi connectivity index (χ4n) is 3.41. The Morgan fingerprint density at radius 2 is 1.88 bits per heavy atom. The van der Waals surface area contributed by atoms with Crippen LogP contribution in [-0.2, 0) is 0 Å². The second kappa shape index (κ2) is 8.50. The van der Waals surface area contributed by atoms with Crippen LogP contribution in [0.4, 0.5) is 5.69 Å². The number of halogens is 1. The van der Waals surface area contributed by atoms with Crippen molar-refractivity contribution in [1.29, 1.82) is 0 Å². The number of aryl methyl sites for hydroxylation is 1. The minimum Gasteiger partial charge on any atom is -0.344 e. The van der Waals surface area contributed by atoms with Crippen LogP contribution in [0.1, 0.15) is 46.1 Å². The number of hydrogen-bond acceptors (Lipinski definition) is 2. The molecule has 1 heterocycles. The zero-order valence-electron chi connectivity index (χ0n) is 15.5. The summed E-state index contributed by atoms with van der Waals surface area (Å²) >= 11 is 11.9. The number of rotatable bonds is 4. The smallest absolute Gasteiger partial charge is 0.173 e. The van der Waals surface area contributed by atoms with E-state index in [1.165, 1.54) is 0 Å². The van der Waals surface area contributed by atoms with Crippen LogP contribution in [0, 0.1) is 6.92 Å². The minimum atomic E-state index is 0.375. The molecule has 0 amide bonds. The second-order valence-corrected chi connectivity index (χ2v) is 8.07. The molecule has 0 spiro atoms. The van der Waals surface area contributed by atoms with Crippen molar-refractivity contribution in [3.05, 3.63) is 28.8 Å². The predicted octanol–water partition coefficient (Wildman–Crippen LogP) is 4.93. The molecule has 1 aliphatic heterocycles. The number of thiocarbonyl (C=S) groups is 1. The number of piperidine rings is 1. The van der Waals surface area contributed by atoms with Crippen molar-refractivity contribution in [2.45, 2.75) is 65.6 Å². The Bertz CT molecular complexity index is 566. The third-order valence-corrected chi connectivity index (χ3v) is 5.40. The Kier molecular flexibility index (Phi) is 6.90. The highest BCUT2D eigenvalue weighted by Crippen LogP contribution is 2.24. The van der Waals surface area contributed by atoms with Gasteiger partial charge in [0.2, 0.25) is 0 Å². The molecule has 1 aromatic carbocycles. The first kappa shape index (κ1) is 19.5. The van der Waals surface area contributed by atoms with E-state index in [9.17, 15) is 0 Å². The van der Waals surface area contributed by atoms with Gasteiger partial charge < -0.3 is 15.1 Å². The zero-order chi connectivity index (χ0) is 17.9. The Labute approximate surface area is 157 Å². The normalized spacial score (nSPS) is 16.7. The molecule has 1 aromatic rings. The summed E-state index contributed by atoms with van der Waals surface area (Å²) in [5.74, 6) is 0. The van der Waals surface area contributed by atoms with E-state index in [-0.39, 0.29) is 0 Å². The number of nitrogens with one attached hydrogen (secondary N) is 1. The second-order valence-electron chi connectivity index (χ2n) is 7.25. The monoisotopic (exact) mass is 367 g/mol. The summed E-state index contributed by atoms with van der Waals surface area (Å²) < 4.78 is 0. The fraction of sp³-hybridized carbons (Fsp3) is 0.632. The predicted molar refractivity (Wildman–Crippen MR) is 109 cm³/mol. The number of nitrogens with zero attached hydrogens (tertiary/aromatic N) is 2. The van der Waals surface area contributed by atoms with Gasteiger partial charge in [0.15, 0.2) is 5.11 Å². The third kappa shape index (κ3) is 4.84. The molecule has 5 heteroatoms. The van der Waals surface area contributed by atoms with Gasteiger partial charge in [-0.25, -0.2) is 0 Å². The van der Waals surface area contributed by atoms with Crippen LogP contribution >= 0.6 is 23.8 Å². The molecule has 1 N–H and O–H groups in total. The molecule has 0 aromatic heterocycles. The summed E-state index contributed by atoms with van der Waals surface area (Å²) in [4.78, 5) is 4.92. The van der Waals surface area contributed by atoms with Gasteiger partial charge in [0.05, 0.1) is 0 Å². The van der Waals surface area contributed by atoms with Crippen molar-refractivity contribution in [3.8, 4) is 0 Å². The molecule has 1 aliphatic rings. The minimum absolute atomic E-state index is 0.375. The molecule has 0 atom stereocenters. The lowest BCUT2D eigenvalue weighted by Gasteiger charge is -2.43. The molecule has 0 radical (unpaired) electrons. The van der Waals surface area contributed by atoms with E-state index in [2.05, 4.69) is 49.7 Å². The maximum Gasteiger partial charge on any atom is 0.173 e. The van der Waals surface area contributed by atoms with Gasteiger partial charge >= 0.3 is 0 Å². The van der Waals surface area contributed by atoms with Gasteiger partial charge in [0.1, 0.15) is 0 Å². The fourth-order valence-corrected chi connectivity index (χ4v) is 4.05. The van der Waals surface area contributed by atoms with Gasteiger partial charge in [-0.15, -0.1) is 0 Å². The number of hydrogen-bond donors (Lipinski definition) is 1. The van der Waals surface area contributed by atoms with E-state index < -0.39 is 0 Å². The molecule has 3 nitrogen and oxygen atoms in total. The van der Waals surface area contributed by atoms with Crippen molar-refractivity contribution in [3.63, 3.8) is 0 Å². The Morgan fingerprint density at radius 1 is 1.25 bits per heavy atom. The van der Waals surface area contributed by atoms with Crippen LogP contribution in [-0.4, -0.2) is 46.1 Å². The number of likely N-dealkylation sites (tertiary alicyclic amines) is 1. The van der Waals surface area contributed by atoms with Gasteiger partial charge in [-0.05, 0) is 77.4 Å². The first-order chi connectivity index (χ1) is 11.3. The number of anilines is 1. The average molecular weight is 368 g/mol. The van der Waals surface area contributed by atoms with E-state index in [1.807, 2.05) is 18.2 Å². The topological polar surface area (TPSA) is 18.5 Å². The van der Waals surface area contributed by atoms with Crippen molar-refractivity contribution >= 4 is 34.6 Å². The van der Waals surface area contributed by atoms with Crippen LogP contribution in [0.5, 0.6) is 0 Å². The van der Waals surface area contributed by atoms with Crippen molar-refractivity contribution in [2.75, 3.05) is 18.4 Å². The van der Waals surface area contributed by atoms with Crippen molar-refractivity contribution in [2.24, 2.45) is 0 Å². The molecule has 134 valence electrons. The van der Waals surface area contributed by atoms with Crippen LogP contribution < -0.4 is 5.32 Å². The van der Waals surface area contributed by atoms with E-state index in [1.54, 1.807) is 0 Å². The van der Waals surface area contributed by atoms with Crippen LogP contribution in [0.15, 0.2) is 18.2 Å². The summed E-state index contributed by atoms with van der Waals surface area (Å²) in [5, 5.41) is 4.96. The molecular weight excluding hydrogens is 338 g/mol. The first-order valence-corrected chi connectivity index (χ1v) is 9.67. The average Bonchev–Trinajstić information content (AvgIpc) is 2.51.